The van der Waals surface area contributed by atoms with Crippen LogP contribution in [0.3, 0.4) is 0 Å². The Kier molecular flexibility index (Phi) is 3.35. The highest BCUT2D eigenvalue weighted by atomic mass is 16.3. The van der Waals surface area contributed by atoms with Crippen molar-refractivity contribution in [3.05, 3.63) is 30.1 Å². The van der Waals surface area contributed by atoms with Crippen molar-refractivity contribution in [1.29, 1.82) is 0 Å². The van der Waals surface area contributed by atoms with Gasteiger partial charge in [0.15, 0.2) is 0 Å². The fraction of sp³-hybridized carbons (Fsp3) is 0.667. The summed E-state index contributed by atoms with van der Waals surface area (Å²) >= 11 is 0. The Morgan fingerprint density at radius 1 is 1.39 bits per heavy atom. The summed E-state index contributed by atoms with van der Waals surface area (Å²) in [6.07, 6.45) is 9.53. The lowest BCUT2D eigenvalue weighted by molar-refractivity contribution is -0.0120. The highest BCUT2D eigenvalue weighted by Crippen LogP contribution is 2.45. The zero-order valence-electron chi connectivity index (χ0n) is 10.9. The molecule has 0 amide bonds. The fourth-order valence-corrected chi connectivity index (χ4v) is 3.74. The van der Waals surface area contributed by atoms with E-state index >= 15 is 0 Å². The molecule has 0 unspecified atom stereocenters. The molecular formula is C15H22N2O. The Bertz CT molecular complexity index is 395. The van der Waals surface area contributed by atoms with Crippen LogP contribution in [0.2, 0.25) is 0 Å². The molecule has 18 heavy (non-hydrogen) atoms. The molecule has 3 heteroatoms. The van der Waals surface area contributed by atoms with E-state index in [4.69, 9.17) is 0 Å². The number of aromatic nitrogens is 1. The molecule has 2 aliphatic rings. The predicted octanol–water partition coefficient (Wildman–Crippen LogP) is 2.21. The minimum absolute atomic E-state index is 0.0748. The third-order valence-corrected chi connectivity index (χ3v) is 4.68. The van der Waals surface area contributed by atoms with Crippen molar-refractivity contribution in [2.45, 2.75) is 44.8 Å². The van der Waals surface area contributed by atoms with Crippen molar-refractivity contribution < 1.29 is 5.11 Å². The first-order valence-electron chi connectivity index (χ1n) is 7.08. The van der Waals surface area contributed by atoms with Gasteiger partial charge in [-0.15, -0.1) is 0 Å². The van der Waals surface area contributed by atoms with Gasteiger partial charge >= 0.3 is 0 Å². The number of aliphatic hydroxyl groups excluding tert-OH is 1. The van der Waals surface area contributed by atoms with E-state index in [1.54, 1.807) is 0 Å². The summed E-state index contributed by atoms with van der Waals surface area (Å²) in [5.41, 5.74) is 1.47. The number of nitrogens with zero attached hydrogens (tertiary/aromatic N) is 2. The number of rotatable bonds is 2. The minimum atomic E-state index is -0.0748. The topological polar surface area (TPSA) is 36.4 Å². The SMILES string of the molecule is O[C@@H]1CCC[C@@]12CCCN(Cc1cccnc1)C2. The second-order valence-electron chi connectivity index (χ2n) is 5.95. The van der Waals surface area contributed by atoms with Crippen LogP contribution in [0.1, 0.15) is 37.7 Å². The highest BCUT2D eigenvalue weighted by molar-refractivity contribution is 5.09. The Morgan fingerprint density at radius 2 is 2.28 bits per heavy atom. The van der Waals surface area contributed by atoms with Crippen molar-refractivity contribution in [3.63, 3.8) is 0 Å². The Labute approximate surface area is 109 Å². The van der Waals surface area contributed by atoms with E-state index in [0.29, 0.717) is 0 Å². The summed E-state index contributed by atoms with van der Waals surface area (Å²) in [6.45, 7) is 3.19. The zero-order chi connectivity index (χ0) is 12.4. The molecule has 1 spiro atoms. The number of piperidine rings is 1. The summed E-state index contributed by atoms with van der Waals surface area (Å²) in [5, 5.41) is 10.2. The molecule has 0 bridgehead atoms. The Hall–Kier alpha value is -0.930. The van der Waals surface area contributed by atoms with Gasteiger partial charge in [-0.05, 0) is 43.9 Å². The second-order valence-corrected chi connectivity index (χ2v) is 5.95. The van der Waals surface area contributed by atoms with E-state index in [1.165, 1.54) is 31.2 Å². The molecule has 2 fully saturated rings. The molecule has 3 rings (SSSR count). The third-order valence-electron chi connectivity index (χ3n) is 4.68. The van der Waals surface area contributed by atoms with Gasteiger partial charge in [-0.25, -0.2) is 0 Å². The van der Waals surface area contributed by atoms with Gasteiger partial charge in [0.05, 0.1) is 6.10 Å². The van der Waals surface area contributed by atoms with Crippen molar-refractivity contribution in [2.24, 2.45) is 5.41 Å². The molecule has 1 aliphatic carbocycles. The molecule has 3 nitrogen and oxygen atoms in total. The monoisotopic (exact) mass is 246 g/mol. The smallest absolute Gasteiger partial charge is 0.0608 e. The predicted molar refractivity (Wildman–Crippen MR) is 71.0 cm³/mol. The van der Waals surface area contributed by atoms with Crippen LogP contribution in [0.15, 0.2) is 24.5 Å². The van der Waals surface area contributed by atoms with E-state index < -0.39 is 0 Å². The van der Waals surface area contributed by atoms with Crippen LogP contribution in [0, 0.1) is 5.41 Å². The summed E-state index contributed by atoms with van der Waals surface area (Å²) < 4.78 is 0. The second kappa shape index (κ2) is 4.98. The maximum Gasteiger partial charge on any atom is 0.0608 e. The molecule has 1 saturated heterocycles. The van der Waals surface area contributed by atoms with Gasteiger partial charge in [0, 0.05) is 30.9 Å². The highest BCUT2D eigenvalue weighted by Gasteiger charge is 2.44. The fourth-order valence-electron chi connectivity index (χ4n) is 3.74. The van der Waals surface area contributed by atoms with E-state index in [1.807, 2.05) is 18.5 Å². The maximum absolute atomic E-state index is 10.2. The van der Waals surface area contributed by atoms with Crippen molar-refractivity contribution in [2.75, 3.05) is 13.1 Å². The molecule has 0 radical (unpaired) electrons. The van der Waals surface area contributed by atoms with Crippen LogP contribution in [0.4, 0.5) is 0 Å². The molecule has 1 aromatic rings. The minimum Gasteiger partial charge on any atom is -0.393 e. The first-order valence-corrected chi connectivity index (χ1v) is 7.08. The van der Waals surface area contributed by atoms with Crippen LogP contribution in [0.25, 0.3) is 0 Å². The first kappa shape index (κ1) is 12.1. The van der Waals surface area contributed by atoms with E-state index in [2.05, 4.69) is 16.0 Å². The van der Waals surface area contributed by atoms with Crippen LogP contribution in [-0.4, -0.2) is 34.2 Å². The molecule has 1 N–H and O–H groups in total. The summed E-state index contributed by atoms with van der Waals surface area (Å²) in [7, 11) is 0. The normalized spacial score (nSPS) is 33.1. The van der Waals surface area contributed by atoms with Crippen LogP contribution in [-0.2, 0) is 6.54 Å². The quantitative estimate of drug-likeness (QED) is 0.869. The Morgan fingerprint density at radius 3 is 3.00 bits per heavy atom. The zero-order valence-corrected chi connectivity index (χ0v) is 10.9. The third kappa shape index (κ3) is 2.29. The average molecular weight is 246 g/mol. The molecule has 2 heterocycles. The number of likely N-dealkylation sites (tertiary alicyclic amines) is 1. The Balaban J connectivity index is 1.67. The standard InChI is InChI=1S/C15H22N2O/c18-14-5-1-6-15(14)7-3-9-17(12-15)11-13-4-2-8-16-10-13/h2,4,8,10,14,18H,1,3,5-7,9,11-12H2/t14-,15+/m1/s1. The molecule has 1 aliphatic heterocycles. The van der Waals surface area contributed by atoms with Gasteiger partial charge in [0.25, 0.3) is 0 Å². The summed E-state index contributed by atoms with van der Waals surface area (Å²) in [4.78, 5) is 6.67. The molecule has 2 atom stereocenters. The van der Waals surface area contributed by atoms with Crippen LogP contribution < -0.4 is 0 Å². The number of pyridine rings is 1. The maximum atomic E-state index is 10.2. The largest absolute Gasteiger partial charge is 0.393 e. The molecule has 1 aromatic heterocycles. The van der Waals surface area contributed by atoms with Gasteiger partial charge < -0.3 is 5.11 Å². The van der Waals surface area contributed by atoms with Gasteiger partial charge in [-0.1, -0.05) is 12.5 Å². The van der Waals surface area contributed by atoms with Crippen molar-refractivity contribution in [3.8, 4) is 0 Å². The van der Waals surface area contributed by atoms with Gasteiger partial charge in [-0.2, -0.15) is 0 Å². The van der Waals surface area contributed by atoms with E-state index in [-0.39, 0.29) is 11.5 Å². The van der Waals surface area contributed by atoms with E-state index in [9.17, 15) is 5.11 Å². The lowest BCUT2D eigenvalue weighted by atomic mass is 9.76. The first-order chi connectivity index (χ1) is 8.78. The van der Waals surface area contributed by atoms with Crippen LogP contribution in [0.5, 0.6) is 0 Å². The average Bonchev–Trinajstić information content (AvgIpc) is 2.72. The lowest BCUT2D eigenvalue weighted by Crippen LogP contribution is -2.46. The molecular weight excluding hydrogens is 224 g/mol. The lowest BCUT2D eigenvalue weighted by Gasteiger charge is -2.42. The van der Waals surface area contributed by atoms with Crippen molar-refractivity contribution in [1.82, 2.24) is 9.88 Å². The summed E-state index contributed by atoms with van der Waals surface area (Å²) in [6, 6.07) is 4.14. The number of hydrogen-bond acceptors (Lipinski definition) is 3. The van der Waals surface area contributed by atoms with Gasteiger partial charge in [0.2, 0.25) is 0 Å². The molecule has 0 aromatic carbocycles. The number of aliphatic hydroxyl groups is 1. The molecule has 1 saturated carbocycles. The van der Waals surface area contributed by atoms with Crippen molar-refractivity contribution >= 4 is 0 Å². The van der Waals surface area contributed by atoms with Gasteiger partial charge in [-0.3, -0.25) is 9.88 Å². The van der Waals surface area contributed by atoms with Crippen LogP contribution >= 0.6 is 0 Å². The molecule has 98 valence electrons. The summed E-state index contributed by atoms with van der Waals surface area (Å²) in [5.74, 6) is 0. The van der Waals surface area contributed by atoms with E-state index in [0.717, 1.165) is 26.1 Å². The number of hydrogen-bond donors (Lipinski definition) is 1. The van der Waals surface area contributed by atoms with Gasteiger partial charge in [0.1, 0.15) is 0 Å².